The summed E-state index contributed by atoms with van der Waals surface area (Å²) in [7, 11) is 0. The Morgan fingerprint density at radius 2 is 1.78 bits per heavy atom. The van der Waals surface area contributed by atoms with Crippen molar-refractivity contribution in [3.63, 3.8) is 0 Å². The van der Waals surface area contributed by atoms with E-state index < -0.39 is 0 Å². The average molecular weight is 315 g/mol. The Labute approximate surface area is 137 Å². The zero-order chi connectivity index (χ0) is 15.6. The van der Waals surface area contributed by atoms with Crippen LogP contribution in [0.2, 0.25) is 0 Å². The normalized spacial score (nSPS) is 27.7. The van der Waals surface area contributed by atoms with Crippen molar-refractivity contribution < 1.29 is 9.53 Å². The van der Waals surface area contributed by atoms with Gasteiger partial charge in [-0.1, -0.05) is 30.3 Å². The number of carbonyl (C=O) groups excluding carboxylic acids is 1. The zero-order valence-corrected chi connectivity index (χ0v) is 13.5. The van der Waals surface area contributed by atoms with Crippen molar-refractivity contribution in [1.82, 2.24) is 15.1 Å². The molecule has 2 aliphatic heterocycles. The van der Waals surface area contributed by atoms with Crippen molar-refractivity contribution in [2.24, 2.45) is 5.92 Å². The third-order valence-corrected chi connectivity index (χ3v) is 4.94. The lowest BCUT2D eigenvalue weighted by atomic mass is 10.1. The number of nitrogens with zero attached hydrogens (tertiary/aromatic N) is 2. The monoisotopic (exact) mass is 315 g/mol. The molecule has 124 valence electrons. The predicted octanol–water partition coefficient (Wildman–Crippen LogP) is 1.69. The van der Waals surface area contributed by atoms with E-state index in [9.17, 15) is 4.79 Å². The topological polar surface area (TPSA) is 44.8 Å². The van der Waals surface area contributed by atoms with Crippen LogP contribution >= 0.6 is 0 Å². The first-order valence-electron chi connectivity index (χ1n) is 8.71. The number of fused-ring (bicyclic) bond motifs is 2. The molecule has 2 saturated heterocycles. The van der Waals surface area contributed by atoms with Gasteiger partial charge in [0.05, 0.1) is 12.2 Å². The number of amides is 2. The summed E-state index contributed by atoms with van der Waals surface area (Å²) in [5.41, 5.74) is 1.13. The molecule has 1 aromatic rings. The van der Waals surface area contributed by atoms with Crippen LogP contribution in [0.25, 0.3) is 0 Å². The van der Waals surface area contributed by atoms with Crippen LogP contribution in [-0.4, -0.2) is 60.8 Å². The highest BCUT2D eigenvalue weighted by Crippen LogP contribution is 2.31. The zero-order valence-electron chi connectivity index (χ0n) is 13.5. The van der Waals surface area contributed by atoms with Crippen LogP contribution in [0.1, 0.15) is 18.4 Å². The van der Waals surface area contributed by atoms with Crippen LogP contribution in [0.4, 0.5) is 4.79 Å². The average Bonchev–Trinajstić information content (AvgIpc) is 3.36. The molecule has 0 radical (unpaired) electrons. The van der Waals surface area contributed by atoms with Gasteiger partial charge in [0.15, 0.2) is 0 Å². The van der Waals surface area contributed by atoms with E-state index in [1.807, 2.05) is 35.2 Å². The number of benzene rings is 1. The third kappa shape index (κ3) is 3.85. The van der Waals surface area contributed by atoms with Crippen LogP contribution < -0.4 is 5.32 Å². The Hall–Kier alpha value is -1.59. The number of morpholine rings is 2. The number of hydrogen-bond acceptors (Lipinski definition) is 3. The first-order chi connectivity index (χ1) is 11.3. The second kappa shape index (κ2) is 6.49. The first kappa shape index (κ1) is 15.0. The molecule has 2 amide bonds. The minimum atomic E-state index is 0.0304. The number of carbonyl (C=O) groups is 1. The van der Waals surface area contributed by atoms with Crippen molar-refractivity contribution in [2.75, 3.05) is 32.7 Å². The summed E-state index contributed by atoms with van der Waals surface area (Å²) in [6.45, 7) is 5.15. The molecule has 2 unspecified atom stereocenters. The molecule has 1 saturated carbocycles. The molecule has 5 nitrogen and oxygen atoms in total. The van der Waals surface area contributed by atoms with Crippen molar-refractivity contribution in [3.8, 4) is 0 Å². The summed E-state index contributed by atoms with van der Waals surface area (Å²) in [6, 6.07) is 10.1. The first-order valence-corrected chi connectivity index (χ1v) is 8.71. The standard InChI is InChI=1S/C18H25N3O2/c22-18(19-8-14-4-2-1-3-5-14)21-12-16-10-20(9-15-6-7-15)11-17(13-21)23-16/h1-5,15-17H,6-13H2,(H,19,22). The van der Waals surface area contributed by atoms with Gasteiger partial charge in [-0.2, -0.15) is 0 Å². The van der Waals surface area contributed by atoms with E-state index in [-0.39, 0.29) is 18.2 Å². The van der Waals surface area contributed by atoms with E-state index in [0.717, 1.165) is 24.6 Å². The Bertz CT molecular complexity index is 532. The summed E-state index contributed by atoms with van der Waals surface area (Å²) in [5, 5.41) is 3.03. The van der Waals surface area contributed by atoms with Gasteiger partial charge < -0.3 is 15.0 Å². The van der Waals surface area contributed by atoms with Crippen LogP contribution in [0.3, 0.4) is 0 Å². The summed E-state index contributed by atoms with van der Waals surface area (Å²) in [5.74, 6) is 0.916. The number of ether oxygens (including phenoxy) is 1. The Balaban J connectivity index is 1.28. The van der Waals surface area contributed by atoms with Gasteiger partial charge >= 0.3 is 6.03 Å². The van der Waals surface area contributed by atoms with E-state index in [1.54, 1.807) is 0 Å². The number of hydrogen-bond donors (Lipinski definition) is 1. The molecule has 1 aromatic carbocycles. The second-order valence-electron chi connectivity index (χ2n) is 7.09. The van der Waals surface area contributed by atoms with Crippen LogP contribution in [-0.2, 0) is 11.3 Å². The van der Waals surface area contributed by atoms with Crippen molar-refractivity contribution in [1.29, 1.82) is 0 Å². The highest BCUT2D eigenvalue weighted by molar-refractivity contribution is 5.74. The number of rotatable bonds is 4. The molecule has 1 aliphatic carbocycles. The van der Waals surface area contributed by atoms with Crippen LogP contribution in [0.5, 0.6) is 0 Å². The van der Waals surface area contributed by atoms with E-state index in [0.29, 0.717) is 19.6 Å². The van der Waals surface area contributed by atoms with Gasteiger partial charge in [-0.05, 0) is 24.3 Å². The lowest BCUT2D eigenvalue weighted by molar-refractivity contribution is -0.129. The highest BCUT2D eigenvalue weighted by Gasteiger charge is 2.38. The molecule has 3 fully saturated rings. The number of nitrogens with one attached hydrogen (secondary N) is 1. The summed E-state index contributed by atoms with van der Waals surface area (Å²) in [4.78, 5) is 16.9. The Morgan fingerprint density at radius 1 is 1.09 bits per heavy atom. The maximum absolute atomic E-state index is 12.4. The number of urea groups is 1. The SMILES string of the molecule is O=C(NCc1ccccc1)N1CC2CN(CC3CC3)CC(C1)O2. The van der Waals surface area contributed by atoms with Crippen LogP contribution in [0.15, 0.2) is 30.3 Å². The van der Waals surface area contributed by atoms with E-state index >= 15 is 0 Å². The molecule has 23 heavy (non-hydrogen) atoms. The molecule has 2 bridgehead atoms. The molecule has 2 heterocycles. The van der Waals surface area contributed by atoms with Gasteiger partial charge in [-0.15, -0.1) is 0 Å². The summed E-state index contributed by atoms with van der Waals surface area (Å²) >= 11 is 0. The molecular formula is C18H25N3O2. The summed E-state index contributed by atoms with van der Waals surface area (Å²) in [6.07, 6.45) is 3.12. The van der Waals surface area contributed by atoms with Crippen molar-refractivity contribution in [3.05, 3.63) is 35.9 Å². The van der Waals surface area contributed by atoms with Gasteiger partial charge in [-0.25, -0.2) is 4.79 Å². The largest absolute Gasteiger partial charge is 0.369 e. The quantitative estimate of drug-likeness (QED) is 0.920. The maximum Gasteiger partial charge on any atom is 0.317 e. The third-order valence-electron chi connectivity index (χ3n) is 4.94. The van der Waals surface area contributed by atoms with Crippen molar-refractivity contribution in [2.45, 2.75) is 31.6 Å². The fraction of sp³-hybridized carbons (Fsp3) is 0.611. The molecule has 0 spiro atoms. The molecule has 3 aliphatic rings. The fourth-order valence-corrected chi connectivity index (χ4v) is 3.64. The molecule has 0 aromatic heterocycles. The van der Waals surface area contributed by atoms with Gasteiger partial charge in [0.25, 0.3) is 0 Å². The predicted molar refractivity (Wildman–Crippen MR) is 88.1 cm³/mol. The maximum atomic E-state index is 12.4. The van der Waals surface area contributed by atoms with Gasteiger partial charge in [0, 0.05) is 39.3 Å². The minimum absolute atomic E-state index is 0.0304. The van der Waals surface area contributed by atoms with E-state index in [4.69, 9.17) is 4.74 Å². The lowest BCUT2D eigenvalue weighted by Crippen LogP contribution is -2.61. The Kier molecular flexibility index (Phi) is 4.23. The van der Waals surface area contributed by atoms with Gasteiger partial charge in [0.2, 0.25) is 0 Å². The summed E-state index contributed by atoms with van der Waals surface area (Å²) < 4.78 is 6.03. The van der Waals surface area contributed by atoms with Gasteiger partial charge in [0.1, 0.15) is 0 Å². The lowest BCUT2D eigenvalue weighted by Gasteiger charge is -2.45. The highest BCUT2D eigenvalue weighted by atomic mass is 16.5. The van der Waals surface area contributed by atoms with Gasteiger partial charge in [-0.3, -0.25) is 4.90 Å². The smallest absolute Gasteiger partial charge is 0.317 e. The van der Waals surface area contributed by atoms with Crippen LogP contribution in [0, 0.1) is 5.92 Å². The fourth-order valence-electron chi connectivity index (χ4n) is 3.64. The van der Waals surface area contributed by atoms with E-state index in [2.05, 4.69) is 10.2 Å². The minimum Gasteiger partial charge on any atom is -0.369 e. The van der Waals surface area contributed by atoms with E-state index in [1.165, 1.54) is 19.4 Å². The molecule has 1 N–H and O–H groups in total. The second-order valence-corrected chi connectivity index (χ2v) is 7.09. The molecule has 2 atom stereocenters. The van der Waals surface area contributed by atoms with Crippen molar-refractivity contribution >= 4 is 6.03 Å². The molecule has 4 rings (SSSR count). The molecular weight excluding hydrogens is 290 g/mol. The Morgan fingerprint density at radius 3 is 2.43 bits per heavy atom. The molecule has 5 heteroatoms.